The van der Waals surface area contributed by atoms with Gasteiger partial charge in [0.2, 0.25) is 5.69 Å². The van der Waals surface area contributed by atoms with Crippen molar-refractivity contribution in [1.29, 1.82) is 0 Å². The average molecular weight is 408 g/mol. The van der Waals surface area contributed by atoms with Crippen LogP contribution in [-0.2, 0) is 13.5 Å². The van der Waals surface area contributed by atoms with Crippen LogP contribution in [-0.4, -0.2) is 0 Å². The van der Waals surface area contributed by atoms with Gasteiger partial charge in [-0.05, 0) is 59.0 Å². The second-order valence-corrected chi connectivity index (χ2v) is 9.25. The normalized spacial score (nSPS) is 14.9. The van der Waals surface area contributed by atoms with Gasteiger partial charge in [-0.3, -0.25) is 0 Å². The third kappa shape index (κ3) is 3.90. The summed E-state index contributed by atoms with van der Waals surface area (Å²) in [5.41, 5.74) is 8.55. The van der Waals surface area contributed by atoms with Gasteiger partial charge in [0.15, 0.2) is 5.69 Å². The van der Waals surface area contributed by atoms with E-state index in [4.69, 9.17) is 1.37 Å². The summed E-state index contributed by atoms with van der Waals surface area (Å²) in [4.78, 5) is 0. The Morgan fingerprint density at radius 1 is 0.903 bits per heavy atom. The SMILES string of the molecule is [2H]c1c(C)[n+](C)c(-c2cc(-c3ccccc3)ccc2C)c2ccc(CC3CCCC3)cc12. The van der Waals surface area contributed by atoms with Crippen molar-refractivity contribution in [3.63, 3.8) is 0 Å². The zero-order valence-electron chi connectivity index (χ0n) is 19.9. The van der Waals surface area contributed by atoms with Crippen LogP contribution in [0.15, 0.2) is 72.8 Å². The van der Waals surface area contributed by atoms with Crippen LogP contribution in [0.2, 0.25) is 0 Å². The van der Waals surface area contributed by atoms with E-state index in [-0.39, 0.29) is 0 Å². The molecule has 1 heterocycles. The van der Waals surface area contributed by atoms with Crippen LogP contribution in [0.5, 0.6) is 0 Å². The van der Waals surface area contributed by atoms with E-state index >= 15 is 0 Å². The molecule has 1 aliphatic carbocycles. The minimum Gasteiger partial charge on any atom is -0.198 e. The first-order chi connectivity index (χ1) is 15.5. The Morgan fingerprint density at radius 3 is 2.45 bits per heavy atom. The Kier molecular flexibility index (Phi) is 5.04. The van der Waals surface area contributed by atoms with Crippen LogP contribution >= 0.6 is 0 Å². The Balaban J connectivity index is 1.68. The Labute approximate surface area is 187 Å². The lowest BCUT2D eigenvalue weighted by atomic mass is 9.92. The Hall–Kier alpha value is -2.93. The van der Waals surface area contributed by atoms with Gasteiger partial charge in [-0.2, -0.15) is 4.57 Å². The quantitative estimate of drug-likeness (QED) is 0.311. The molecule has 1 fully saturated rings. The van der Waals surface area contributed by atoms with Crippen molar-refractivity contribution in [3.05, 3.63) is 89.6 Å². The molecule has 4 aromatic rings. The lowest BCUT2D eigenvalue weighted by molar-refractivity contribution is -0.665. The maximum atomic E-state index is 8.88. The fraction of sp³-hybridized carbons (Fsp3) is 0.300. The lowest BCUT2D eigenvalue weighted by Gasteiger charge is -2.14. The summed E-state index contributed by atoms with van der Waals surface area (Å²) in [5.74, 6) is 0.812. The first-order valence-electron chi connectivity index (χ1n) is 12.1. The molecule has 5 rings (SSSR count). The molecule has 156 valence electrons. The van der Waals surface area contributed by atoms with Crippen molar-refractivity contribution in [2.75, 3.05) is 0 Å². The van der Waals surface area contributed by atoms with Gasteiger partial charge in [-0.15, -0.1) is 0 Å². The molecule has 0 atom stereocenters. The van der Waals surface area contributed by atoms with Crippen molar-refractivity contribution in [2.45, 2.75) is 46.0 Å². The van der Waals surface area contributed by atoms with Crippen molar-refractivity contribution < 1.29 is 5.94 Å². The van der Waals surface area contributed by atoms with Gasteiger partial charge in [-0.1, -0.05) is 80.3 Å². The van der Waals surface area contributed by atoms with E-state index in [9.17, 15) is 0 Å². The Bertz CT molecular complexity index is 1280. The highest BCUT2D eigenvalue weighted by atomic mass is 14.9. The number of hydrogen-bond donors (Lipinski definition) is 0. The molecule has 0 unspecified atom stereocenters. The predicted octanol–water partition coefficient (Wildman–Crippen LogP) is 7.35. The zero-order chi connectivity index (χ0) is 22.2. The number of aromatic nitrogens is 1. The molecule has 31 heavy (non-hydrogen) atoms. The highest BCUT2D eigenvalue weighted by molar-refractivity contribution is 5.95. The number of hydrogen-bond acceptors (Lipinski definition) is 0. The third-order valence-corrected chi connectivity index (χ3v) is 7.09. The predicted molar refractivity (Wildman–Crippen MR) is 131 cm³/mol. The topological polar surface area (TPSA) is 3.88 Å². The monoisotopic (exact) mass is 407 g/mol. The molecule has 1 aromatic heterocycles. The first-order valence-corrected chi connectivity index (χ1v) is 11.6. The second kappa shape index (κ2) is 8.30. The minimum absolute atomic E-state index is 0.649. The average Bonchev–Trinajstić information content (AvgIpc) is 3.33. The summed E-state index contributed by atoms with van der Waals surface area (Å²) < 4.78 is 11.1. The smallest absolute Gasteiger partial charge is 0.198 e. The lowest BCUT2D eigenvalue weighted by Crippen LogP contribution is -2.35. The van der Waals surface area contributed by atoms with Crippen molar-refractivity contribution in [3.8, 4) is 22.4 Å². The molecular weight excluding hydrogens is 374 g/mol. The van der Waals surface area contributed by atoms with Crippen LogP contribution in [0.25, 0.3) is 33.2 Å². The summed E-state index contributed by atoms with van der Waals surface area (Å²) in [6.45, 7) is 4.26. The highest BCUT2D eigenvalue weighted by Gasteiger charge is 2.21. The molecule has 1 aliphatic rings. The molecule has 0 bridgehead atoms. The summed E-state index contributed by atoms with van der Waals surface area (Å²) in [6.07, 6.45) is 6.60. The number of rotatable bonds is 4. The molecule has 0 N–H and O–H groups in total. The molecular formula is C30H32N+. The van der Waals surface area contributed by atoms with Gasteiger partial charge in [0.1, 0.15) is 7.05 Å². The summed E-state index contributed by atoms with van der Waals surface area (Å²) >= 11 is 0. The van der Waals surface area contributed by atoms with Crippen LogP contribution in [0.3, 0.4) is 0 Å². The first kappa shape index (κ1) is 18.8. The molecule has 3 aromatic carbocycles. The standard InChI is InChI=1S/C30H32N/c1-21-13-15-26(25-11-5-4-6-12-25)20-29(21)30-28-16-14-24(18-23-9-7-8-10-23)19-27(28)17-22(2)31(30)3/h4-6,11-17,19-20,23H,7-10,18H2,1-3H3/q+1/i17D. The summed E-state index contributed by atoms with van der Waals surface area (Å²) in [7, 11) is 2.10. The number of benzene rings is 3. The van der Waals surface area contributed by atoms with E-state index in [0.29, 0.717) is 6.04 Å². The Morgan fingerprint density at radius 2 is 1.68 bits per heavy atom. The van der Waals surface area contributed by atoms with E-state index in [0.717, 1.165) is 23.4 Å². The molecule has 0 saturated heterocycles. The molecule has 1 nitrogen and oxygen atoms in total. The van der Waals surface area contributed by atoms with Crippen LogP contribution in [0.1, 0.15) is 43.9 Å². The maximum absolute atomic E-state index is 8.88. The van der Waals surface area contributed by atoms with E-state index in [1.54, 1.807) is 0 Å². The van der Waals surface area contributed by atoms with Gasteiger partial charge in [0.25, 0.3) is 0 Å². The van der Waals surface area contributed by atoms with E-state index in [2.05, 4.69) is 92.2 Å². The molecule has 1 saturated carbocycles. The fourth-order valence-corrected chi connectivity index (χ4v) is 5.22. The van der Waals surface area contributed by atoms with Crippen LogP contribution in [0.4, 0.5) is 0 Å². The zero-order valence-corrected chi connectivity index (χ0v) is 18.9. The van der Waals surface area contributed by atoms with Crippen LogP contribution in [0, 0.1) is 19.8 Å². The molecule has 1 heteroatoms. The number of nitrogens with zero attached hydrogens (tertiary/aromatic N) is 1. The number of pyridine rings is 1. The molecule has 0 aliphatic heterocycles. The van der Waals surface area contributed by atoms with Gasteiger partial charge >= 0.3 is 0 Å². The molecule has 0 amide bonds. The van der Waals surface area contributed by atoms with Crippen LogP contribution < -0.4 is 4.57 Å². The highest BCUT2D eigenvalue weighted by Crippen LogP contribution is 2.34. The summed E-state index contributed by atoms with van der Waals surface area (Å²) in [5, 5.41) is 2.25. The van der Waals surface area contributed by atoms with Crippen molar-refractivity contribution in [1.82, 2.24) is 0 Å². The van der Waals surface area contributed by atoms with Gasteiger partial charge in [-0.25, -0.2) is 0 Å². The molecule has 0 radical (unpaired) electrons. The van der Waals surface area contributed by atoms with E-state index < -0.39 is 0 Å². The van der Waals surface area contributed by atoms with Crippen molar-refractivity contribution >= 4 is 10.8 Å². The minimum atomic E-state index is 0.649. The number of aryl methyl sites for hydroxylation is 1. The van der Waals surface area contributed by atoms with Gasteiger partial charge < -0.3 is 0 Å². The molecule has 0 spiro atoms. The third-order valence-electron chi connectivity index (χ3n) is 7.09. The van der Waals surface area contributed by atoms with Gasteiger partial charge in [0.05, 0.1) is 12.3 Å². The fourth-order valence-electron chi connectivity index (χ4n) is 5.22. The van der Waals surface area contributed by atoms with Crippen molar-refractivity contribution in [2.24, 2.45) is 13.0 Å². The van der Waals surface area contributed by atoms with Gasteiger partial charge in [0, 0.05) is 13.0 Å². The van der Waals surface area contributed by atoms with E-state index in [1.165, 1.54) is 64.6 Å². The second-order valence-electron chi connectivity index (χ2n) is 9.25. The maximum Gasteiger partial charge on any atom is 0.220 e. The summed E-state index contributed by atoms with van der Waals surface area (Å²) in [6, 6.07) is 24.8. The largest absolute Gasteiger partial charge is 0.220 e. The van der Waals surface area contributed by atoms with E-state index in [1.807, 2.05) is 0 Å². The number of fused-ring (bicyclic) bond motifs is 1.